The van der Waals surface area contributed by atoms with Crippen molar-refractivity contribution in [1.29, 1.82) is 0 Å². The predicted molar refractivity (Wildman–Crippen MR) is 108 cm³/mol. The number of carbonyl (C=O) groups is 1. The summed E-state index contributed by atoms with van der Waals surface area (Å²) in [5, 5.41) is 2.72. The number of hydrogen-bond acceptors (Lipinski definition) is 5. The maximum atomic E-state index is 12.5. The minimum absolute atomic E-state index is 0.0148. The van der Waals surface area contributed by atoms with Crippen molar-refractivity contribution in [2.75, 3.05) is 26.5 Å². The lowest BCUT2D eigenvalue weighted by molar-refractivity contribution is 0.0657. The Bertz CT molecular complexity index is 922. The van der Waals surface area contributed by atoms with Gasteiger partial charge in [-0.3, -0.25) is 4.79 Å². The van der Waals surface area contributed by atoms with Crippen LogP contribution in [-0.2, 0) is 21.4 Å². The lowest BCUT2D eigenvalue weighted by atomic mass is 10.1. The summed E-state index contributed by atoms with van der Waals surface area (Å²) in [6, 6.07) is 11.6. The number of nitrogens with one attached hydrogen (secondary N) is 1. The molecule has 1 N–H and O–H groups in total. The van der Waals surface area contributed by atoms with Gasteiger partial charge < -0.3 is 14.8 Å². The Morgan fingerprint density at radius 2 is 1.75 bits per heavy atom. The molecule has 0 aliphatic heterocycles. The van der Waals surface area contributed by atoms with Crippen LogP contribution in [0.15, 0.2) is 47.4 Å². The average Bonchev–Trinajstić information content (AvgIpc) is 2.66. The molecule has 1 amide bonds. The number of hydrogen-bond donors (Lipinski definition) is 1. The molecular weight excluding hydrogens is 380 g/mol. The molecule has 0 saturated carbocycles. The van der Waals surface area contributed by atoms with Gasteiger partial charge in [-0.15, -0.1) is 0 Å². The van der Waals surface area contributed by atoms with E-state index in [4.69, 9.17) is 9.47 Å². The molecule has 0 aliphatic rings. The monoisotopic (exact) mass is 406 g/mol. The van der Waals surface area contributed by atoms with Crippen molar-refractivity contribution in [1.82, 2.24) is 4.31 Å². The highest BCUT2D eigenvalue weighted by atomic mass is 32.2. The van der Waals surface area contributed by atoms with E-state index in [1.54, 1.807) is 18.2 Å². The van der Waals surface area contributed by atoms with Crippen LogP contribution in [0, 0.1) is 0 Å². The van der Waals surface area contributed by atoms with Crippen molar-refractivity contribution in [3.05, 3.63) is 53.6 Å². The number of rotatable bonds is 8. The predicted octanol–water partition coefficient (Wildman–Crippen LogP) is 3.12. The van der Waals surface area contributed by atoms with Gasteiger partial charge in [-0.05, 0) is 49.7 Å². The summed E-state index contributed by atoms with van der Waals surface area (Å²) in [4.78, 5) is 12.5. The van der Waals surface area contributed by atoms with Gasteiger partial charge in [0.15, 0.2) is 0 Å². The second-order valence-corrected chi connectivity index (χ2v) is 8.78. The molecule has 152 valence electrons. The van der Waals surface area contributed by atoms with E-state index in [9.17, 15) is 13.2 Å². The van der Waals surface area contributed by atoms with E-state index in [0.717, 1.165) is 9.87 Å². The zero-order valence-electron chi connectivity index (χ0n) is 16.7. The van der Waals surface area contributed by atoms with E-state index < -0.39 is 10.0 Å². The Morgan fingerprint density at radius 1 is 1.11 bits per heavy atom. The third kappa shape index (κ3) is 5.31. The summed E-state index contributed by atoms with van der Waals surface area (Å²) in [5.41, 5.74) is 1.79. The number of amides is 1. The molecule has 0 unspecified atom stereocenters. The highest BCUT2D eigenvalue weighted by Gasteiger charge is 2.23. The smallest absolute Gasteiger partial charge is 0.255 e. The SMILES string of the molecule is COc1ccc(NC(=O)c2ccc(COC(C)C)cc2)cc1S(=O)(=O)N(C)C. The molecular formula is C20H26N2O5S. The van der Waals surface area contributed by atoms with Crippen LogP contribution in [0.2, 0.25) is 0 Å². The fourth-order valence-electron chi connectivity index (χ4n) is 2.37. The van der Waals surface area contributed by atoms with E-state index >= 15 is 0 Å². The minimum Gasteiger partial charge on any atom is -0.495 e. The first-order valence-corrected chi connectivity index (χ1v) is 10.2. The molecule has 0 aromatic heterocycles. The van der Waals surface area contributed by atoms with Gasteiger partial charge in [0.1, 0.15) is 10.6 Å². The molecule has 7 nitrogen and oxygen atoms in total. The third-order valence-electron chi connectivity index (χ3n) is 3.98. The van der Waals surface area contributed by atoms with E-state index in [2.05, 4.69) is 5.32 Å². The quantitative estimate of drug-likeness (QED) is 0.728. The Labute approximate surface area is 166 Å². The van der Waals surface area contributed by atoms with Crippen LogP contribution in [0.1, 0.15) is 29.8 Å². The average molecular weight is 407 g/mol. The van der Waals surface area contributed by atoms with Crippen LogP contribution in [-0.4, -0.2) is 45.9 Å². The summed E-state index contributed by atoms with van der Waals surface area (Å²) in [6.45, 7) is 4.40. The highest BCUT2D eigenvalue weighted by Crippen LogP contribution is 2.29. The summed E-state index contributed by atoms with van der Waals surface area (Å²) in [6.07, 6.45) is 0.130. The zero-order chi connectivity index (χ0) is 20.9. The Hall–Kier alpha value is -2.42. The molecule has 2 aromatic carbocycles. The fraction of sp³-hybridized carbons (Fsp3) is 0.350. The lowest BCUT2D eigenvalue weighted by Gasteiger charge is -2.16. The Morgan fingerprint density at radius 3 is 2.29 bits per heavy atom. The van der Waals surface area contributed by atoms with Crippen LogP contribution in [0.4, 0.5) is 5.69 Å². The van der Waals surface area contributed by atoms with Crippen molar-refractivity contribution in [2.24, 2.45) is 0 Å². The van der Waals surface area contributed by atoms with Gasteiger partial charge in [0.05, 0.1) is 19.8 Å². The lowest BCUT2D eigenvalue weighted by Crippen LogP contribution is -2.23. The van der Waals surface area contributed by atoms with Crippen LogP contribution >= 0.6 is 0 Å². The van der Waals surface area contributed by atoms with Crippen LogP contribution in [0.25, 0.3) is 0 Å². The number of anilines is 1. The summed E-state index contributed by atoms with van der Waals surface area (Å²) in [7, 11) is 0.547. The first-order valence-electron chi connectivity index (χ1n) is 8.77. The minimum atomic E-state index is -3.72. The standard InChI is InChI=1S/C20H26N2O5S/c1-14(2)27-13-15-6-8-16(9-7-15)20(23)21-17-10-11-18(26-5)19(12-17)28(24,25)22(3)4/h6-12,14H,13H2,1-5H3,(H,21,23). The van der Waals surface area contributed by atoms with Crippen molar-refractivity contribution < 1.29 is 22.7 Å². The molecule has 0 atom stereocenters. The second-order valence-electron chi connectivity index (χ2n) is 6.66. The molecule has 2 rings (SSSR count). The number of benzene rings is 2. The molecule has 2 aromatic rings. The number of methoxy groups -OCH3 is 1. The summed E-state index contributed by atoms with van der Waals surface area (Å²) in [5.74, 6) is -0.129. The molecule has 8 heteroatoms. The van der Waals surface area contributed by atoms with E-state index in [1.807, 2.05) is 26.0 Å². The molecule has 0 fully saturated rings. The normalized spacial score (nSPS) is 11.7. The van der Waals surface area contributed by atoms with Crippen LogP contribution in [0.5, 0.6) is 5.75 Å². The van der Waals surface area contributed by atoms with Crippen molar-refractivity contribution in [3.63, 3.8) is 0 Å². The molecule has 0 heterocycles. The van der Waals surface area contributed by atoms with Gasteiger partial charge in [-0.25, -0.2) is 12.7 Å². The van der Waals surface area contributed by atoms with Gasteiger partial charge in [0.25, 0.3) is 5.91 Å². The fourth-order valence-corrected chi connectivity index (χ4v) is 3.45. The molecule has 0 aliphatic carbocycles. The summed E-state index contributed by atoms with van der Waals surface area (Å²) >= 11 is 0. The molecule has 0 saturated heterocycles. The molecule has 0 bridgehead atoms. The highest BCUT2D eigenvalue weighted by molar-refractivity contribution is 7.89. The molecule has 28 heavy (non-hydrogen) atoms. The maximum Gasteiger partial charge on any atom is 0.255 e. The first kappa shape index (κ1) is 21.9. The zero-order valence-corrected chi connectivity index (χ0v) is 17.5. The summed E-state index contributed by atoms with van der Waals surface area (Å²) < 4.78 is 36.8. The number of sulfonamides is 1. The van der Waals surface area contributed by atoms with Gasteiger partial charge in [-0.2, -0.15) is 0 Å². The second kappa shape index (κ2) is 9.18. The van der Waals surface area contributed by atoms with Gasteiger partial charge in [0, 0.05) is 25.3 Å². The first-order chi connectivity index (χ1) is 13.1. The van der Waals surface area contributed by atoms with Gasteiger partial charge >= 0.3 is 0 Å². The number of nitrogens with zero attached hydrogens (tertiary/aromatic N) is 1. The largest absolute Gasteiger partial charge is 0.495 e. The van der Waals surface area contributed by atoms with Crippen molar-refractivity contribution >= 4 is 21.6 Å². The Kier molecular flexibility index (Phi) is 7.17. The van der Waals surface area contributed by atoms with Crippen LogP contribution < -0.4 is 10.1 Å². The van der Waals surface area contributed by atoms with Gasteiger partial charge in [0.2, 0.25) is 10.0 Å². The number of carbonyl (C=O) groups excluding carboxylic acids is 1. The van der Waals surface area contributed by atoms with E-state index in [1.165, 1.54) is 33.3 Å². The number of ether oxygens (including phenoxy) is 2. The Balaban J connectivity index is 2.20. The molecule has 0 radical (unpaired) electrons. The van der Waals surface area contributed by atoms with E-state index in [0.29, 0.717) is 17.9 Å². The third-order valence-corrected chi connectivity index (χ3v) is 5.82. The maximum absolute atomic E-state index is 12.5. The molecule has 0 spiro atoms. The van der Waals surface area contributed by atoms with Crippen LogP contribution in [0.3, 0.4) is 0 Å². The van der Waals surface area contributed by atoms with E-state index in [-0.39, 0.29) is 22.7 Å². The van der Waals surface area contributed by atoms with Crippen molar-refractivity contribution in [3.8, 4) is 5.75 Å². The van der Waals surface area contributed by atoms with Crippen molar-refractivity contribution in [2.45, 2.75) is 31.5 Å². The topological polar surface area (TPSA) is 84.9 Å². The van der Waals surface area contributed by atoms with Gasteiger partial charge in [-0.1, -0.05) is 12.1 Å².